The molecule has 2 fully saturated rings. The molecule has 3 atom stereocenters. The maximum atomic E-state index is 12.8. The number of benzene rings is 1. The van der Waals surface area contributed by atoms with Crippen molar-refractivity contribution in [1.29, 1.82) is 0 Å². The SMILES string of the molecule is CO[C@@H]1C[C@H](C(=O)N2CCC(CCC(=O)Nc3ccccc3)CC2)CC[C@@H]1O. The third-order valence-electron chi connectivity index (χ3n) is 6.17. The summed E-state index contributed by atoms with van der Waals surface area (Å²) in [5, 5.41) is 12.9. The first-order valence-electron chi connectivity index (χ1n) is 10.4. The van der Waals surface area contributed by atoms with Gasteiger partial charge in [-0.2, -0.15) is 0 Å². The van der Waals surface area contributed by atoms with Gasteiger partial charge < -0.3 is 20.1 Å². The highest BCUT2D eigenvalue weighted by Crippen LogP contribution is 2.30. The molecule has 1 saturated heterocycles. The van der Waals surface area contributed by atoms with Crippen molar-refractivity contribution in [2.45, 2.75) is 57.2 Å². The smallest absolute Gasteiger partial charge is 0.225 e. The van der Waals surface area contributed by atoms with Crippen LogP contribution in [0.4, 0.5) is 5.69 Å². The van der Waals surface area contributed by atoms with Gasteiger partial charge in [-0.25, -0.2) is 0 Å². The topological polar surface area (TPSA) is 78.9 Å². The second-order valence-electron chi connectivity index (χ2n) is 8.07. The van der Waals surface area contributed by atoms with Crippen LogP contribution in [0.5, 0.6) is 0 Å². The van der Waals surface area contributed by atoms with E-state index in [4.69, 9.17) is 4.74 Å². The highest BCUT2D eigenvalue weighted by molar-refractivity contribution is 5.90. The van der Waals surface area contributed by atoms with Crippen LogP contribution in [-0.2, 0) is 14.3 Å². The van der Waals surface area contributed by atoms with Crippen molar-refractivity contribution >= 4 is 17.5 Å². The number of hydrogen-bond acceptors (Lipinski definition) is 4. The second kappa shape index (κ2) is 10.0. The van der Waals surface area contributed by atoms with Crippen molar-refractivity contribution in [2.24, 2.45) is 11.8 Å². The summed E-state index contributed by atoms with van der Waals surface area (Å²) in [6, 6.07) is 9.52. The number of carbonyl (C=O) groups is 2. The Hall–Kier alpha value is -1.92. The maximum absolute atomic E-state index is 12.8. The summed E-state index contributed by atoms with van der Waals surface area (Å²) >= 11 is 0. The lowest BCUT2D eigenvalue weighted by molar-refractivity contribution is -0.142. The number of nitrogens with zero attached hydrogens (tertiary/aromatic N) is 1. The minimum Gasteiger partial charge on any atom is -0.390 e. The zero-order valence-corrected chi connectivity index (χ0v) is 16.7. The number of hydrogen-bond donors (Lipinski definition) is 2. The van der Waals surface area contributed by atoms with Gasteiger partial charge in [-0.3, -0.25) is 9.59 Å². The number of anilines is 1. The normalized spacial score (nSPS) is 26.1. The molecule has 0 bridgehead atoms. The molecule has 2 aliphatic rings. The number of carbonyl (C=O) groups excluding carboxylic acids is 2. The van der Waals surface area contributed by atoms with Gasteiger partial charge in [0.1, 0.15) is 0 Å². The van der Waals surface area contributed by atoms with Crippen LogP contribution in [0.15, 0.2) is 30.3 Å². The molecule has 6 nitrogen and oxygen atoms in total. The lowest BCUT2D eigenvalue weighted by Gasteiger charge is -2.37. The van der Waals surface area contributed by atoms with Gasteiger partial charge in [-0.1, -0.05) is 18.2 Å². The fraction of sp³-hybridized carbons (Fsp3) is 0.636. The van der Waals surface area contributed by atoms with E-state index in [9.17, 15) is 14.7 Å². The van der Waals surface area contributed by atoms with E-state index in [0.29, 0.717) is 25.2 Å². The van der Waals surface area contributed by atoms with Crippen molar-refractivity contribution in [3.8, 4) is 0 Å². The quantitative estimate of drug-likeness (QED) is 0.785. The molecule has 1 saturated carbocycles. The Bertz CT molecular complexity index is 643. The van der Waals surface area contributed by atoms with Crippen LogP contribution in [0.1, 0.15) is 44.9 Å². The monoisotopic (exact) mass is 388 g/mol. The van der Waals surface area contributed by atoms with Crippen LogP contribution in [0.3, 0.4) is 0 Å². The third-order valence-corrected chi connectivity index (χ3v) is 6.17. The molecular weight excluding hydrogens is 356 g/mol. The largest absolute Gasteiger partial charge is 0.390 e. The summed E-state index contributed by atoms with van der Waals surface area (Å²) in [6.07, 6.45) is 4.56. The molecule has 2 amide bonds. The number of aliphatic hydroxyl groups excluding tert-OH is 1. The molecule has 1 aromatic rings. The van der Waals surface area contributed by atoms with Crippen LogP contribution >= 0.6 is 0 Å². The fourth-order valence-corrected chi connectivity index (χ4v) is 4.37. The van der Waals surface area contributed by atoms with Crippen molar-refractivity contribution in [3.05, 3.63) is 30.3 Å². The Labute approximate surface area is 167 Å². The molecular formula is C22H32N2O4. The van der Waals surface area contributed by atoms with Crippen LogP contribution in [0.25, 0.3) is 0 Å². The van der Waals surface area contributed by atoms with Crippen molar-refractivity contribution in [2.75, 3.05) is 25.5 Å². The molecule has 1 aliphatic carbocycles. The highest BCUT2D eigenvalue weighted by Gasteiger charge is 2.35. The fourth-order valence-electron chi connectivity index (χ4n) is 4.37. The number of amides is 2. The van der Waals surface area contributed by atoms with Crippen molar-refractivity contribution in [3.63, 3.8) is 0 Å². The van der Waals surface area contributed by atoms with Gasteiger partial charge in [0, 0.05) is 38.2 Å². The predicted octanol–water partition coefficient (Wildman–Crippen LogP) is 2.82. The van der Waals surface area contributed by atoms with Crippen LogP contribution in [0.2, 0.25) is 0 Å². The molecule has 0 radical (unpaired) electrons. The van der Waals surface area contributed by atoms with E-state index in [1.54, 1.807) is 7.11 Å². The molecule has 2 N–H and O–H groups in total. The van der Waals surface area contributed by atoms with Crippen LogP contribution in [-0.4, -0.2) is 54.2 Å². The van der Waals surface area contributed by atoms with E-state index in [2.05, 4.69) is 5.32 Å². The Balaban J connectivity index is 1.38. The van der Waals surface area contributed by atoms with Crippen LogP contribution in [0, 0.1) is 11.8 Å². The van der Waals surface area contributed by atoms with E-state index in [0.717, 1.165) is 44.5 Å². The van der Waals surface area contributed by atoms with Gasteiger partial charge in [-0.05, 0) is 56.6 Å². The minimum atomic E-state index is -0.457. The van der Waals surface area contributed by atoms with E-state index >= 15 is 0 Å². The number of piperidine rings is 1. The Morgan fingerprint density at radius 1 is 1.14 bits per heavy atom. The Kier molecular flexibility index (Phi) is 7.45. The molecule has 3 rings (SSSR count). The van der Waals surface area contributed by atoms with Crippen molar-refractivity contribution < 1.29 is 19.4 Å². The maximum Gasteiger partial charge on any atom is 0.225 e. The molecule has 6 heteroatoms. The molecule has 0 unspecified atom stereocenters. The average molecular weight is 389 g/mol. The average Bonchev–Trinajstić information content (AvgIpc) is 2.73. The molecule has 0 aromatic heterocycles. The number of likely N-dealkylation sites (tertiary alicyclic amines) is 1. The summed E-state index contributed by atoms with van der Waals surface area (Å²) in [6.45, 7) is 1.53. The first-order chi connectivity index (χ1) is 13.6. The second-order valence-corrected chi connectivity index (χ2v) is 8.07. The molecule has 1 aliphatic heterocycles. The number of para-hydroxylation sites is 1. The van der Waals surface area contributed by atoms with Gasteiger partial charge >= 0.3 is 0 Å². The van der Waals surface area contributed by atoms with Crippen LogP contribution < -0.4 is 5.32 Å². The zero-order chi connectivity index (χ0) is 19.9. The molecule has 1 aromatic carbocycles. The predicted molar refractivity (Wildman–Crippen MR) is 108 cm³/mol. The van der Waals surface area contributed by atoms with E-state index < -0.39 is 6.10 Å². The number of aliphatic hydroxyl groups is 1. The first-order valence-corrected chi connectivity index (χ1v) is 10.4. The molecule has 1 heterocycles. The summed E-state index contributed by atoms with van der Waals surface area (Å²) < 4.78 is 5.33. The molecule has 0 spiro atoms. The van der Waals surface area contributed by atoms with E-state index in [1.165, 1.54) is 0 Å². The number of nitrogens with one attached hydrogen (secondary N) is 1. The van der Waals surface area contributed by atoms with E-state index in [-0.39, 0.29) is 23.8 Å². The van der Waals surface area contributed by atoms with Gasteiger partial charge in [0.05, 0.1) is 12.2 Å². The lowest BCUT2D eigenvalue weighted by atomic mass is 9.83. The summed E-state index contributed by atoms with van der Waals surface area (Å²) in [5.74, 6) is 0.706. The Morgan fingerprint density at radius 2 is 1.86 bits per heavy atom. The number of rotatable bonds is 6. The molecule has 28 heavy (non-hydrogen) atoms. The highest BCUT2D eigenvalue weighted by atomic mass is 16.5. The number of methoxy groups -OCH3 is 1. The van der Waals surface area contributed by atoms with E-state index in [1.807, 2.05) is 35.2 Å². The standard InChI is InChI=1S/C22H32N2O4/c1-28-20-15-17(8-9-19(20)25)22(27)24-13-11-16(12-14-24)7-10-21(26)23-18-5-3-2-4-6-18/h2-6,16-17,19-20,25H,7-15H2,1H3,(H,23,26)/t17-,19+,20-/m1/s1. The third kappa shape index (κ3) is 5.55. The summed E-state index contributed by atoms with van der Waals surface area (Å²) in [4.78, 5) is 26.9. The van der Waals surface area contributed by atoms with Gasteiger partial charge in [-0.15, -0.1) is 0 Å². The van der Waals surface area contributed by atoms with Gasteiger partial charge in [0.25, 0.3) is 0 Å². The Morgan fingerprint density at radius 3 is 2.54 bits per heavy atom. The first kappa shape index (κ1) is 20.8. The van der Waals surface area contributed by atoms with Gasteiger partial charge in [0.2, 0.25) is 11.8 Å². The zero-order valence-electron chi connectivity index (χ0n) is 16.7. The molecule has 154 valence electrons. The minimum absolute atomic E-state index is 0.0402. The summed E-state index contributed by atoms with van der Waals surface area (Å²) in [5.41, 5.74) is 0.833. The van der Waals surface area contributed by atoms with Crippen molar-refractivity contribution in [1.82, 2.24) is 4.90 Å². The lowest BCUT2D eigenvalue weighted by Crippen LogP contribution is -2.46. The van der Waals surface area contributed by atoms with Gasteiger partial charge in [0.15, 0.2) is 0 Å². The summed E-state index contributed by atoms with van der Waals surface area (Å²) in [7, 11) is 1.60. The number of ether oxygens (including phenoxy) is 1.